The van der Waals surface area contributed by atoms with E-state index in [0.29, 0.717) is 0 Å². The second-order valence-electron chi connectivity index (χ2n) is 5.77. The Morgan fingerprint density at radius 2 is 2.08 bits per heavy atom. The van der Waals surface area contributed by atoms with Crippen LogP contribution in [0.25, 0.3) is 5.57 Å². The molecule has 0 aromatic heterocycles. The van der Waals surface area contributed by atoms with E-state index >= 15 is 0 Å². The molecule has 0 unspecified atom stereocenters. The molecule has 0 N–H and O–H groups in total. The Kier molecular flexibility index (Phi) is 7.03. The molecule has 4 heteroatoms. The van der Waals surface area contributed by atoms with E-state index < -0.39 is 5.97 Å². The van der Waals surface area contributed by atoms with Crippen molar-refractivity contribution in [2.45, 2.75) is 33.1 Å². The van der Waals surface area contributed by atoms with Crippen LogP contribution >= 0.6 is 0 Å². The zero-order valence-electron chi connectivity index (χ0n) is 14.9. The van der Waals surface area contributed by atoms with Crippen molar-refractivity contribution in [3.8, 4) is 6.07 Å². The van der Waals surface area contributed by atoms with Gasteiger partial charge in [-0.1, -0.05) is 44.0 Å². The Bertz CT molecular complexity index is 739. The number of unbranched alkanes of at least 4 members (excludes halogenated alkanes) is 2. The zero-order valence-corrected chi connectivity index (χ0v) is 14.9. The van der Waals surface area contributed by atoms with Crippen LogP contribution in [0.3, 0.4) is 0 Å². The first-order chi connectivity index (χ1) is 12.2. The number of hydrogen-bond donors (Lipinski definition) is 0. The number of ether oxygens (including phenoxy) is 1. The third-order valence-electron chi connectivity index (χ3n) is 4.01. The normalized spacial score (nSPS) is 15.0. The number of anilines is 1. The molecule has 0 spiro atoms. The molecule has 25 heavy (non-hydrogen) atoms. The minimum Gasteiger partial charge on any atom is -0.462 e. The maximum atomic E-state index is 11.7. The van der Waals surface area contributed by atoms with Gasteiger partial charge in [-0.05, 0) is 37.1 Å². The molecule has 130 valence electrons. The summed E-state index contributed by atoms with van der Waals surface area (Å²) in [5, 5.41) is 9.14. The number of nitrogens with zero attached hydrogens (tertiary/aromatic N) is 2. The van der Waals surface area contributed by atoms with E-state index in [1.54, 1.807) is 13.0 Å². The topological polar surface area (TPSA) is 53.3 Å². The molecule has 0 bridgehead atoms. The van der Waals surface area contributed by atoms with Gasteiger partial charge in [0, 0.05) is 24.0 Å². The Morgan fingerprint density at radius 1 is 1.28 bits per heavy atom. The first kappa shape index (κ1) is 18.5. The van der Waals surface area contributed by atoms with Gasteiger partial charge in [-0.3, -0.25) is 0 Å². The largest absolute Gasteiger partial charge is 0.462 e. The van der Waals surface area contributed by atoms with Gasteiger partial charge in [0.2, 0.25) is 0 Å². The molecule has 0 saturated carbocycles. The molecule has 1 heterocycles. The van der Waals surface area contributed by atoms with Crippen LogP contribution in [-0.4, -0.2) is 19.1 Å². The van der Waals surface area contributed by atoms with Gasteiger partial charge in [-0.2, -0.15) is 5.26 Å². The molecule has 0 amide bonds. The van der Waals surface area contributed by atoms with E-state index in [-0.39, 0.29) is 12.2 Å². The molecular formula is C21H24N2O2. The minimum absolute atomic E-state index is 0.00519. The highest BCUT2D eigenvalue weighted by molar-refractivity contribution is 5.94. The number of fused-ring (bicyclic) bond motifs is 1. The van der Waals surface area contributed by atoms with Crippen LogP contribution in [0.15, 0.2) is 54.3 Å². The molecule has 0 fully saturated rings. The second-order valence-corrected chi connectivity index (χ2v) is 5.77. The molecule has 0 atom stereocenters. The number of allylic oxidation sites excluding steroid dienone is 4. The summed E-state index contributed by atoms with van der Waals surface area (Å²) in [7, 11) is 0. The number of benzene rings is 1. The lowest BCUT2D eigenvalue weighted by molar-refractivity contribution is -0.138. The van der Waals surface area contributed by atoms with Crippen molar-refractivity contribution in [1.29, 1.82) is 5.26 Å². The maximum absolute atomic E-state index is 11.7. The second kappa shape index (κ2) is 9.48. The van der Waals surface area contributed by atoms with Crippen LogP contribution in [0.1, 0.15) is 38.7 Å². The first-order valence-electron chi connectivity index (χ1n) is 8.74. The third-order valence-corrected chi connectivity index (χ3v) is 4.01. The summed E-state index contributed by atoms with van der Waals surface area (Å²) >= 11 is 0. The number of nitriles is 1. The highest BCUT2D eigenvalue weighted by Crippen LogP contribution is 2.33. The lowest BCUT2D eigenvalue weighted by Crippen LogP contribution is -2.21. The van der Waals surface area contributed by atoms with Crippen molar-refractivity contribution >= 4 is 17.2 Å². The number of rotatable bonds is 7. The average molecular weight is 336 g/mol. The standard InChI is InChI=1S/C21H24N2O2/c1-3-5-8-14-23-15-13-17(19-9-6-7-10-20(19)23)11-12-18(16-22)21(24)25-4-2/h6-7,9-13,15H,3-5,8,14H2,1-2H3/b17-11-,18-12-. The van der Waals surface area contributed by atoms with Crippen LogP contribution in [-0.2, 0) is 9.53 Å². The molecular weight excluding hydrogens is 312 g/mol. The lowest BCUT2D eigenvalue weighted by Gasteiger charge is -2.27. The van der Waals surface area contributed by atoms with Crippen molar-refractivity contribution < 1.29 is 9.53 Å². The zero-order chi connectivity index (χ0) is 18.1. The van der Waals surface area contributed by atoms with Crippen molar-refractivity contribution in [3.63, 3.8) is 0 Å². The van der Waals surface area contributed by atoms with Crippen LogP contribution < -0.4 is 4.90 Å². The molecule has 0 saturated heterocycles. The van der Waals surface area contributed by atoms with E-state index in [0.717, 1.165) is 29.8 Å². The van der Waals surface area contributed by atoms with Gasteiger partial charge in [-0.15, -0.1) is 0 Å². The summed E-state index contributed by atoms with van der Waals surface area (Å²) in [5.41, 5.74) is 3.22. The minimum atomic E-state index is -0.587. The monoisotopic (exact) mass is 336 g/mol. The molecule has 1 aliphatic heterocycles. The predicted octanol–water partition coefficient (Wildman–Crippen LogP) is 4.61. The highest BCUT2D eigenvalue weighted by Gasteiger charge is 2.15. The number of carbonyl (C=O) groups excluding carboxylic acids is 1. The van der Waals surface area contributed by atoms with Crippen LogP contribution in [0.4, 0.5) is 5.69 Å². The fourth-order valence-corrected chi connectivity index (χ4v) is 2.71. The predicted molar refractivity (Wildman–Crippen MR) is 101 cm³/mol. The molecule has 1 aromatic carbocycles. The van der Waals surface area contributed by atoms with Crippen molar-refractivity contribution in [2.75, 3.05) is 18.1 Å². The Labute approximate surface area is 149 Å². The fourth-order valence-electron chi connectivity index (χ4n) is 2.71. The van der Waals surface area contributed by atoms with Crippen LogP contribution in [0.5, 0.6) is 0 Å². The number of esters is 1. The SMILES string of the molecule is CCCCCN1C=C/C(=C/C=C(/C#N)C(=O)OCC)c2ccccc21. The maximum Gasteiger partial charge on any atom is 0.348 e. The molecule has 2 rings (SSSR count). The van der Waals surface area contributed by atoms with Crippen LogP contribution in [0.2, 0.25) is 0 Å². The van der Waals surface area contributed by atoms with Crippen molar-refractivity contribution in [3.05, 3.63) is 59.8 Å². The van der Waals surface area contributed by atoms with Gasteiger partial charge >= 0.3 is 5.97 Å². The smallest absolute Gasteiger partial charge is 0.348 e. The van der Waals surface area contributed by atoms with E-state index in [4.69, 9.17) is 10.00 Å². The molecule has 0 aliphatic carbocycles. The lowest BCUT2D eigenvalue weighted by atomic mass is 9.99. The number of carbonyl (C=O) groups is 1. The van der Waals surface area contributed by atoms with Gasteiger partial charge < -0.3 is 9.64 Å². The fraction of sp³-hybridized carbons (Fsp3) is 0.333. The number of hydrogen-bond acceptors (Lipinski definition) is 4. The highest BCUT2D eigenvalue weighted by atomic mass is 16.5. The van der Waals surface area contributed by atoms with E-state index in [1.165, 1.54) is 18.9 Å². The van der Waals surface area contributed by atoms with Gasteiger partial charge in [0.1, 0.15) is 11.6 Å². The van der Waals surface area contributed by atoms with Gasteiger partial charge in [-0.25, -0.2) is 4.79 Å². The summed E-state index contributed by atoms with van der Waals surface area (Å²) in [6.45, 7) is 5.16. The van der Waals surface area contributed by atoms with Crippen molar-refractivity contribution in [1.82, 2.24) is 0 Å². The Hall–Kier alpha value is -2.80. The van der Waals surface area contributed by atoms with Gasteiger partial charge in [0.25, 0.3) is 0 Å². The summed E-state index contributed by atoms with van der Waals surface area (Å²) in [6, 6.07) is 10.1. The van der Waals surface area contributed by atoms with E-state index in [1.807, 2.05) is 24.3 Å². The summed E-state index contributed by atoms with van der Waals surface area (Å²) in [6.07, 6.45) is 11.0. The number of para-hydroxylation sites is 1. The molecule has 0 radical (unpaired) electrons. The molecule has 1 aliphatic rings. The Morgan fingerprint density at radius 3 is 2.80 bits per heavy atom. The molecule has 1 aromatic rings. The van der Waals surface area contributed by atoms with E-state index in [9.17, 15) is 4.79 Å². The Balaban J connectivity index is 2.27. The third kappa shape index (κ3) is 4.84. The average Bonchev–Trinajstić information content (AvgIpc) is 2.64. The van der Waals surface area contributed by atoms with Gasteiger partial charge in [0.15, 0.2) is 0 Å². The first-order valence-corrected chi connectivity index (χ1v) is 8.74. The molecule has 4 nitrogen and oxygen atoms in total. The summed E-state index contributed by atoms with van der Waals surface area (Å²) in [5.74, 6) is -0.587. The van der Waals surface area contributed by atoms with Crippen LogP contribution in [0, 0.1) is 11.3 Å². The van der Waals surface area contributed by atoms with Gasteiger partial charge in [0.05, 0.1) is 6.61 Å². The van der Waals surface area contributed by atoms with Crippen molar-refractivity contribution in [2.24, 2.45) is 0 Å². The summed E-state index contributed by atoms with van der Waals surface area (Å²) in [4.78, 5) is 14.0. The summed E-state index contributed by atoms with van der Waals surface area (Å²) < 4.78 is 4.89. The van der Waals surface area contributed by atoms with E-state index in [2.05, 4.69) is 30.2 Å². The quantitative estimate of drug-likeness (QED) is 0.316.